The van der Waals surface area contributed by atoms with Crippen LogP contribution in [-0.4, -0.2) is 9.38 Å². The third kappa shape index (κ3) is 1.53. The van der Waals surface area contributed by atoms with Crippen LogP contribution in [0.4, 0.5) is 0 Å². The molecule has 0 saturated heterocycles. The Morgan fingerprint density at radius 2 is 1.10 bits per heavy atom. The highest BCUT2D eigenvalue weighted by atomic mass is 14.9. The van der Waals surface area contributed by atoms with E-state index in [0.717, 1.165) is 0 Å². The zero-order valence-electron chi connectivity index (χ0n) is 16.1. The molecular formula is C28H16N2. The van der Waals surface area contributed by atoms with Crippen LogP contribution in [0, 0.1) is 0 Å². The minimum absolute atomic E-state index is 1.19. The Morgan fingerprint density at radius 1 is 0.467 bits per heavy atom. The standard InChI is InChI=1S/C28H16N2/c1-2-10-18-17(9-1)24-20-11-3-5-14-22(20)29-26(24)28-25(18)21-13-7-12-19-16-8-4-6-15-23(16)30(28)27(19)21/h1-15,29H. The molecule has 8 rings (SSSR count). The van der Waals surface area contributed by atoms with Crippen LogP contribution < -0.4 is 0 Å². The molecule has 138 valence electrons. The first kappa shape index (κ1) is 14.9. The molecule has 30 heavy (non-hydrogen) atoms. The van der Waals surface area contributed by atoms with Gasteiger partial charge in [-0.3, -0.25) is 0 Å². The number of rotatable bonds is 0. The van der Waals surface area contributed by atoms with E-state index in [0.29, 0.717) is 0 Å². The third-order valence-corrected chi connectivity index (χ3v) is 6.83. The number of aromatic nitrogens is 2. The molecule has 8 aromatic rings. The minimum atomic E-state index is 1.19. The maximum absolute atomic E-state index is 3.78. The monoisotopic (exact) mass is 380 g/mol. The lowest BCUT2D eigenvalue weighted by Gasteiger charge is -2.06. The predicted octanol–water partition coefficient (Wildman–Crippen LogP) is 7.62. The van der Waals surface area contributed by atoms with Gasteiger partial charge in [-0.05, 0) is 22.9 Å². The van der Waals surface area contributed by atoms with Crippen LogP contribution >= 0.6 is 0 Å². The average Bonchev–Trinajstić information content (AvgIpc) is 3.46. The lowest BCUT2D eigenvalue weighted by atomic mass is 9.98. The number of H-pyrrole nitrogens is 1. The second-order valence-electron chi connectivity index (χ2n) is 8.24. The summed E-state index contributed by atoms with van der Waals surface area (Å²) in [7, 11) is 0. The SMILES string of the molecule is c1ccc2c(c1)[nH]c1c2c2ccccc2c2c3cccc4c5ccccc5n(c43)c12. The van der Waals surface area contributed by atoms with Crippen molar-refractivity contribution in [3.63, 3.8) is 0 Å². The fraction of sp³-hybridized carbons (Fsp3) is 0. The molecule has 0 fully saturated rings. The van der Waals surface area contributed by atoms with Crippen LogP contribution in [0.3, 0.4) is 0 Å². The van der Waals surface area contributed by atoms with Gasteiger partial charge in [-0.15, -0.1) is 0 Å². The molecular weight excluding hydrogens is 364 g/mol. The second-order valence-corrected chi connectivity index (χ2v) is 8.24. The zero-order valence-corrected chi connectivity index (χ0v) is 16.1. The summed E-state index contributed by atoms with van der Waals surface area (Å²) in [5, 5.41) is 10.6. The van der Waals surface area contributed by atoms with Gasteiger partial charge < -0.3 is 9.38 Å². The molecule has 0 amide bonds. The lowest BCUT2D eigenvalue weighted by Crippen LogP contribution is -1.84. The van der Waals surface area contributed by atoms with Crippen molar-refractivity contribution < 1.29 is 0 Å². The van der Waals surface area contributed by atoms with Crippen molar-refractivity contribution >= 4 is 70.7 Å². The number of fused-ring (bicyclic) bond motifs is 13. The minimum Gasteiger partial charge on any atom is -0.353 e. The van der Waals surface area contributed by atoms with E-state index in [9.17, 15) is 0 Å². The Balaban J connectivity index is 1.87. The molecule has 1 N–H and O–H groups in total. The van der Waals surface area contributed by atoms with Gasteiger partial charge in [0.25, 0.3) is 0 Å². The second kappa shape index (κ2) is 4.92. The molecule has 0 aliphatic rings. The molecule has 0 bridgehead atoms. The van der Waals surface area contributed by atoms with E-state index in [-0.39, 0.29) is 0 Å². The third-order valence-electron chi connectivity index (χ3n) is 6.83. The first-order valence-corrected chi connectivity index (χ1v) is 10.4. The molecule has 0 aliphatic heterocycles. The Hall–Kier alpha value is -4.04. The summed E-state index contributed by atoms with van der Waals surface area (Å²) in [5.74, 6) is 0. The molecule has 3 aromatic heterocycles. The van der Waals surface area contributed by atoms with E-state index in [1.54, 1.807) is 0 Å². The lowest BCUT2D eigenvalue weighted by molar-refractivity contribution is 1.37. The number of benzene rings is 5. The zero-order chi connectivity index (χ0) is 19.4. The van der Waals surface area contributed by atoms with Crippen molar-refractivity contribution in [2.75, 3.05) is 0 Å². The molecule has 0 aliphatic carbocycles. The average molecular weight is 380 g/mol. The number of aromatic amines is 1. The van der Waals surface area contributed by atoms with Crippen LogP contribution in [0.1, 0.15) is 0 Å². The molecule has 5 aromatic carbocycles. The quantitative estimate of drug-likeness (QED) is 0.279. The van der Waals surface area contributed by atoms with Crippen LogP contribution in [0.2, 0.25) is 0 Å². The first-order valence-electron chi connectivity index (χ1n) is 10.4. The topological polar surface area (TPSA) is 20.2 Å². The van der Waals surface area contributed by atoms with Crippen molar-refractivity contribution in [3.05, 3.63) is 91.0 Å². The molecule has 0 spiro atoms. The summed E-state index contributed by atoms with van der Waals surface area (Å²) >= 11 is 0. The van der Waals surface area contributed by atoms with Crippen molar-refractivity contribution in [2.24, 2.45) is 0 Å². The summed E-state index contributed by atoms with van der Waals surface area (Å²) in [6.45, 7) is 0. The molecule has 0 radical (unpaired) electrons. The highest BCUT2D eigenvalue weighted by molar-refractivity contribution is 6.38. The van der Waals surface area contributed by atoms with Crippen LogP contribution in [-0.2, 0) is 0 Å². The van der Waals surface area contributed by atoms with Gasteiger partial charge in [0.1, 0.15) is 0 Å². The number of hydrogen-bond donors (Lipinski definition) is 1. The fourth-order valence-corrected chi connectivity index (χ4v) is 5.72. The molecule has 2 nitrogen and oxygen atoms in total. The largest absolute Gasteiger partial charge is 0.353 e. The van der Waals surface area contributed by atoms with Crippen molar-refractivity contribution in [1.29, 1.82) is 0 Å². The summed E-state index contributed by atoms with van der Waals surface area (Å²) < 4.78 is 2.49. The maximum Gasteiger partial charge on any atom is 0.0790 e. The van der Waals surface area contributed by atoms with E-state index >= 15 is 0 Å². The number of para-hydroxylation sites is 3. The van der Waals surface area contributed by atoms with Gasteiger partial charge in [0.05, 0.1) is 22.1 Å². The number of hydrogen-bond acceptors (Lipinski definition) is 0. The molecule has 0 unspecified atom stereocenters. The molecule has 2 heteroatoms. The van der Waals surface area contributed by atoms with E-state index in [1.165, 1.54) is 70.7 Å². The van der Waals surface area contributed by atoms with E-state index in [1.807, 2.05) is 0 Å². The van der Waals surface area contributed by atoms with Crippen LogP contribution in [0.15, 0.2) is 91.0 Å². The fourth-order valence-electron chi connectivity index (χ4n) is 5.72. The Morgan fingerprint density at radius 3 is 1.97 bits per heavy atom. The number of nitrogens with zero attached hydrogens (tertiary/aromatic N) is 1. The van der Waals surface area contributed by atoms with Gasteiger partial charge in [0, 0.05) is 37.8 Å². The smallest absolute Gasteiger partial charge is 0.0790 e. The van der Waals surface area contributed by atoms with Gasteiger partial charge in [-0.25, -0.2) is 0 Å². The van der Waals surface area contributed by atoms with E-state index < -0.39 is 0 Å². The van der Waals surface area contributed by atoms with Crippen LogP contribution in [0.25, 0.3) is 70.7 Å². The van der Waals surface area contributed by atoms with Gasteiger partial charge >= 0.3 is 0 Å². The van der Waals surface area contributed by atoms with Crippen LogP contribution in [0.5, 0.6) is 0 Å². The van der Waals surface area contributed by atoms with Gasteiger partial charge in [-0.1, -0.05) is 78.9 Å². The van der Waals surface area contributed by atoms with Crippen molar-refractivity contribution in [1.82, 2.24) is 9.38 Å². The van der Waals surface area contributed by atoms with E-state index in [2.05, 4.69) is 100 Å². The summed E-state index contributed by atoms with van der Waals surface area (Å²) in [4.78, 5) is 3.78. The normalized spacial score (nSPS) is 12.7. The Kier molecular flexibility index (Phi) is 2.44. The van der Waals surface area contributed by atoms with Gasteiger partial charge in [-0.2, -0.15) is 0 Å². The maximum atomic E-state index is 3.78. The van der Waals surface area contributed by atoms with Gasteiger partial charge in [0.2, 0.25) is 0 Å². The number of nitrogens with one attached hydrogen (secondary N) is 1. The molecule has 0 atom stereocenters. The summed E-state index contributed by atoms with van der Waals surface area (Å²) in [5.41, 5.74) is 6.30. The Labute approximate surface area is 171 Å². The van der Waals surface area contributed by atoms with Crippen molar-refractivity contribution in [3.8, 4) is 0 Å². The molecule has 0 saturated carbocycles. The Bertz CT molecular complexity index is 1940. The predicted molar refractivity (Wildman–Crippen MR) is 128 cm³/mol. The first-order chi connectivity index (χ1) is 14.9. The van der Waals surface area contributed by atoms with E-state index in [4.69, 9.17) is 0 Å². The highest BCUT2D eigenvalue weighted by Gasteiger charge is 2.22. The summed E-state index contributed by atoms with van der Waals surface area (Å²) in [6.07, 6.45) is 0. The van der Waals surface area contributed by atoms with Crippen molar-refractivity contribution in [2.45, 2.75) is 0 Å². The summed E-state index contributed by atoms with van der Waals surface area (Å²) in [6, 6.07) is 33.0. The highest BCUT2D eigenvalue weighted by Crippen LogP contribution is 2.46. The molecule has 3 heterocycles. The van der Waals surface area contributed by atoms with Gasteiger partial charge in [0.15, 0.2) is 0 Å².